The zero-order valence-electron chi connectivity index (χ0n) is 6.37. The fraction of sp³-hybridized carbons (Fsp3) is 0.500. The van der Waals surface area contributed by atoms with E-state index < -0.39 is 0 Å². The molecule has 0 aliphatic carbocycles. The Morgan fingerprint density at radius 3 is 3.00 bits per heavy atom. The summed E-state index contributed by atoms with van der Waals surface area (Å²) in [7, 11) is 3.51. The van der Waals surface area contributed by atoms with E-state index in [0.29, 0.717) is 0 Å². The first-order valence-corrected chi connectivity index (χ1v) is 4.69. The molecule has 0 atom stereocenters. The second kappa shape index (κ2) is 4.15. The van der Waals surface area contributed by atoms with Crippen LogP contribution in [0.2, 0.25) is 0 Å². The zero-order chi connectivity index (χ0) is 8.27. The summed E-state index contributed by atoms with van der Waals surface area (Å²) in [6.07, 6.45) is 1.80. The van der Waals surface area contributed by atoms with Gasteiger partial charge in [0.25, 0.3) is 0 Å². The molecule has 0 unspecified atom stereocenters. The zero-order valence-corrected chi connectivity index (χ0v) is 8.78. The molecule has 1 rings (SSSR count). The number of aromatic nitrogens is 1. The van der Waals surface area contributed by atoms with Gasteiger partial charge < -0.3 is 4.84 Å². The molecule has 0 bridgehead atoms. The van der Waals surface area contributed by atoms with E-state index in [0.717, 1.165) is 15.3 Å². The second-order valence-corrected chi connectivity index (χ2v) is 4.52. The standard InChI is InChI=1S/C6H9BrN2OS/c1-9(10-2)4-6-8-3-5(7)11-6/h3H,4H2,1-2H3. The summed E-state index contributed by atoms with van der Waals surface area (Å²) in [5.41, 5.74) is 0. The van der Waals surface area contributed by atoms with Crippen LogP contribution >= 0.6 is 27.3 Å². The number of thiazole rings is 1. The first-order valence-electron chi connectivity index (χ1n) is 3.08. The molecule has 0 aliphatic heterocycles. The van der Waals surface area contributed by atoms with Crippen LogP contribution in [-0.4, -0.2) is 24.2 Å². The molecule has 3 nitrogen and oxygen atoms in total. The Morgan fingerprint density at radius 1 is 1.82 bits per heavy atom. The maximum Gasteiger partial charge on any atom is 0.110 e. The van der Waals surface area contributed by atoms with Crippen molar-refractivity contribution in [3.63, 3.8) is 0 Å². The molecule has 62 valence electrons. The number of hydroxylamine groups is 2. The van der Waals surface area contributed by atoms with E-state index in [-0.39, 0.29) is 0 Å². The molecule has 0 amide bonds. The van der Waals surface area contributed by atoms with E-state index in [1.165, 1.54) is 0 Å². The summed E-state index contributed by atoms with van der Waals surface area (Å²) in [5, 5.41) is 2.77. The third-order valence-electron chi connectivity index (χ3n) is 1.19. The highest BCUT2D eigenvalue weighted by Crippen LogP contribution is 2.19. The molecule has 5 heteroatoms. The van der Waals surface area contributed by atoms with Crippen molar-refractivity contribution in [2.75, 3.05) is 14.2 Å². The average molecular weight is 237 g/mol. The minimum atomic E-state index is 0.729. The highest BCUT2D eigenvalue weighted by Gasteiger charge is 2.02. The number of rotatable bonds is 3. The van der Waals surface area contributed by atoms with Gasteiger partial charge in [0.1, 0.15) is 5.01 Å². The molecule has 1 heterocycles. The van der Waals surface area contributed by atoms with E-state index >= 15 is 0 Å². The smallest absolute Gasteiger partial charge is 0.110 e. The van der Waals surface area contributed by atoms with Gasteiger partial charge in [0, 0.05) is 7.05 Å². The SMILES string of the molecule is CON(C)Cc1ncc(Br)s1. The fourth-order valence-electron chi connectivity index (χ4n) is 0.616. The number of halogens is 1. The lowest BCUT2D eigenvalue weighted by molar-refractivity contribution is -0.116. The van der Waals surface area contributed by atoms with Crippen molar-refractivity contribution >= 4 is 27.3 Å². The minimum absolute atomic E-state index is 0.729. The molecule has 0 spiro atoms. The summed E-state index contributed by atoms with van der Waals surface area (Å²) in [5.74, 6) is 0. The van der Waals surface area contributed by atoms with E-state index in [4.69, 9.17) is 4.84 Å². The molecule has 0 N–H and O–H groups in total. The quantitative estimate of drug-likeness (QED) is 0.751. The summed E-state index contributed by atoms with van der Waals surface area (Å²) in [6.45, 7) is 0.729. The molecule has 1 aromatic rings. The van der Waals surface area contributed by atoms with Gasteiger partial charge in [-0.15, -0.1) is 11.3 Å². The van der Waals surface area contributed by atoms with Gasteiger partial charge in [-0.1, -0.05) is 0 Å². The molecule has 11 heavy (non-hydrogen) atoms. The Balaban J connectivity index is 2.50. The van der Waals surface area contributed by atoms with Crippen molar-refractivity contribution in [1.82, 2.24) is 10.0 Å². The predicted octanol–water partition coefficient (Wildman–Crippen LogP) is 1.90. The van der Waals surface area contributed by atoms with Crippen LogP contribution in [0, 0.1) is 0 Å². The van der Waals surface area contributed by atoms with E-state index in [2.05, 4.69) is 20.9 Å². The van der Waals surface area contributed by atoms with Gasteiger partial charge >= 0.3 is 0 Å². The molecule has 0 saturated heterocycles. The van der Waals surface area contributed by atoms with Crippen molar-refractivity contribution < 1.29 is 4.84 Å². The Kier molecular flexibility index (Phi) is 3.45. The van der Waals surface area contributed by atoms with Crippen LogP contribution in [-0.2, 0) is 11.4 Å². The summed E-state index contributed by atoms with van der Waals surface area (Å²) in [6, 6.07) is 0. The Labute approximate surface area is 78.1 Å². The maximum atomic E-state index is 4.95. The molecule has 0 saturated carbocycles. The van der Waals surface area contributed by atoms with Crippen LogP contribution in [0.1, 0.15) is 5.01 Å². The van der Waals surface area contributed by atoms with Gasteiger partial charge in [-0.05, 0) is 15.9 Å². The lowest BCUT2D eigenvalue weighted by Crippen LogP contribution is -2.15. The van der Waals surface area contributed by atoms with Crippen LogP contribution in [0.25, 0.3) is 0 Å². The molecule has 0 aromatic carbocycles. The van der Waals surface area contributed by atoms with Crippen molar-refractivity contribution in [2.24, 2.45) is 0 Å². The number of nitrogens with zero attached hydrogens (tertiary/aromatic N) is 2. The second-order valence-electron chi connectivity index (χ2n) is 2.03. The molecule has 1 aromatic heterocycles. The monoisotopic (exact) mass is 236 g/mol. The fourth-order valence-corrected chi connectivity index (χ4v) is 1.96. The van der Waals surface area contributed by atoms with Gasteiger partial charge in [0.05, 0.1) is 23.6 Å². The maximum absolute atomic E-state index is 4.95. The van der Waals surface area contributed by atoms with Crippen LogP contribution in [0.3, 0.4) is 0 Å². The predicted molar refractivity (Wildman–Crippen MR) is 48.3 cm³/mol. The molecule has 0 aliphatic rings. The lowest BCUT2D eigenvalue weighted by atomic mass is 10.7. The third kappa shape index (κ3) is 2.86. The summed E-state index contributed by atoms with van der Waals surface area (Å²) in [4.78, 5) is 9.10. The highest BCUT2D eigenvalue weighted by atomic mass is 79.9. The third-order valence-corrected chi connectivity index (χ3v) is 2.66. The number of hydrogen-bond donors (Lipinski definition) is 0. The molecule has 0 fully saturated rings. The van der Waals surface area contributed by atoms with E-state index in [1.807, 2.05) is 7.05 Å². The van der Waals surface area contributed by atoms with Gasteiger partial charge in [0.2, 0.25) is 0 Å². The van der Waals surface area contributed by atoms with Crippen LogP contribution in [0.4, 0.5) is 0 Å². The van der Waals surface area contributed by atoms with Crippen molar-refractivity contribution in [3.05, 3.63) is 15.0 Å². The van der Waals surface area contributed by atoms with Gasteiger partial charge in [-0.2, -0.15) is 5.06 Å². The molecular weight excluding hydrogens is 228 g/mol. The largest absolute Gasteiger partial charge is 0.302 e. The normalized spacial score (nSPS) is 10.9. The molecular formula is C6H9BrN2OS. The van der Waals surface area contributed by atoms with Gasteiger partial charge in [-0.3, -0.25) is 0 Å². The minimum Gasteiger partial charge on any atom is -0.302 e. The molecule has 0 radical (unpaired) electrons. The summed E-state index contributed by atoms with van der Waals surface area (Å²) >= 11 is 4.96. The van der Waals surface area contributed by atoms with Crippen molar-refractivity contribution in [1.29, 1.82) is 0 Å². The van der Waals surface area contributed by atoms with Crippen molar-refractivity contribution in [3.8, 4) is 0 Å². The highest BCUT2D eigenvalue weighted by molar-refractivity contribution is 9.11. The van der Waals surface area contributed by atoms with Crippen molar-refractivity contribution in [2.45, 2.75) is 6.54 Å². The lowest BCUT2D eigenvalue weighted by Gasteiger charge is -2.10. The van der Waals surface area contributed by atoms with Crippen LogP contribution in [0.5, 0.6) is 0 Å². The van der Waals surface area contributed by atoms with E-state index in [1.54, 1.807) is 29.7 Å². The van der Waals surface area contributed by atoms with Crippen LogP contribution in [0.15, 0.2) is 9.98 Å². The Bertz CT molecular complexity index is 228. The number of hydrogen-bond acceptors (Lipinski definition) is 4. The average Bonchev–Trinajstić information content (AvgIpc) is 2.35. The summed E-state index contributed by atoms with van der Waals surface area (Å²) < 4.78 is 1.05. The Hall–Kier alpha value is 0.0300. The topological polar surface area (TPSA) is 25.4 Å². The first-order chi connectivity index (χ1) is 5.22. The van der Waals surface area contributed by atoms with Gasteiger partial charge in [-0.25, -0.2) is 4.98 Å². The van der Waals surface area contributed by atoms with Crippen LogP contribution < -0.4 is 0 Å². The Morgan fingerprint density at radius 2 is 2.55 bits per heavy atom. The van der Waals surface area contributed by atoms with Gasteiger partial charge in [0.15, 0.2) is 0 Å². The first kappa shape index (κ1) is 9.12. The van der Waals surface area contributed by atoms with E-state index in [9.17, 15) is 0 Å².